The van der Waals surface area contributed by atoms with Crippen molar-refractivity contribution in [2.24, 2.45) is 0 Å². The molecule has 1 aliphatic rings. The third-order valence-electron chi connectivity index (χ3n) is 4.24. The topological polar surface area (TPSA) is 20.3 Å². The molecule has 1 aliphatic heterocycles. The number of piperidine rings is 1. The van der Waals surface area contributed by atoms with E-state index in [-0.39, 0.29) is 5.78 Å². The summed E-state index contributed by atoms with van der Waals surface area (Å²) in [6, 6.07) is 15.1. The maximum Gasteiger partial charge on any atom is 0.187 e. The lowest BCUT2D eigenvalue weighted by Gasteiger charge is -2.28. The SMILES string of the molecule is CCN1C/C(=C\c2ccc(Cl)cc2)C(=O)/C(=C/c2ccc(Cl)cc2)C1. The minimum Gasteiger partial charge on any atom is -0.295 e. The Labute approximate surface area is 158 Å². The summed E-state index contributed by atoms with van der Waals surface area (Å²) in [5.74, 6) is 0.106. The molecule has 4 heteroatoms. The molecule has 0 spiro atoms. The molecule has 1 heterocycles. The van der Waals surface area contributed by atoms with Gasteiger partial charge in [-0.3, -0.25) is 9.69 Å². The van der Waals surface area contributed by atoms with Crippen molar-refractivity contribution >= 4 is 41.1 Å². The summed E-state index contributed by atoms with van der Waals surface area (Å²) in [5, 5.41) is 1.38. The second-order valence-electron chi connectivity index (χ2n) is 6.07. The summed E-state index contributed by atoms with van der Waals surface area (Å²) < 4.78 is 0. The van der Waals surface area contributed by atoms with Crippen LogP contribution in [0, 0.1) is 0 Å². The lowest BCUT2D eigenvalue weighted by Crippen LogP contribution is -2.37. The normalized spacial score (nSPS) is 18.9. The van der Waals surface area contributed by atoms with Crippen LogP contribution in [-0.2, 0) is 4.79 Å². The van der Waals surface area contributed by atoms with Crippen molar-refractivity contribution in [2.75, 3.05) is 19.6 Å². The van der Waals surface area contributed by atoms with Gasteiger partial charge in [0.05, 0.1) is 0 Å². The van der Waals surface area contributed by atoms with Crippen LogP contribution in [0.5, 0.6) is 0 Å². The van der Waals surface area contributed by atoms with Gasteiger partial charge in [-0.2, -0.15) is 0 Å². The number of nitrogens with zero attached hydrogens (tertiary/aromatic N) is 1. The Morgan fingerprint density at radius 2 is 1.24 bits per heavy atom. The molecule has 0 saturated carbocycles. The average molecular weight is 372 g/mol. The number of carbonyl (C=O) groups excluding carboxylic acids is 1. The molecule has 0 aliphatic carbocycles. The van der Waals surface area contributed by atoms with Crippen molar-refractivity contribution in [3.05, 3.63) is 80.8 Å². The fourth-order valence-corrected chi connectivity index (χ4v) is 3.11. The summed E-state index contributed by atoms with van der Waals surface area (Å²) in [4.78, 5) is 15.2. The maximum atomic E-state index is 12.9. The summed E-state index contributed by atoms with van der Waals surface area (Å²) >= 11 is 11.9. The van der Waals surface area contributed by atoms with E-state index in [9.17, 15) is 4.79 Å². The quantitative estimate of drug-likeness (QED) is 0.676. The molecule has 0 N–H and O–H groups in total. The molecule has 0 radical (unpaired) electrons. The number of Topliss-reactive ketones (excluding diaryl/α,β-unsaturated/α-hetero) is 1. The van der Waals surface area contributed by atoms with Gasteiger partial charge < -0.3 is 0 Å². The number of hydrogen-bond donors (Lipinski definition) is 0. The maximum absolute atomic E-state index is 12.9. The predicted molar refractivity (Wildman–Crippen MR) is 106 cm³/mol. The number of likely N-dealkylation sites (N-methyl/N-ethyl adjacent to an activating group) is 1. The van der Waals surface area contributed by atoms with Gasteiger partial charge in [-0.05, 0) is 54.1 Å². The molecule has 25 heavy (non-hydrogen) atoms. The van der Waals surface area contributed by atoms with Crippen molar-refractivity contribution in [1.82, 2.24) is 4.90 Å². The largest absolute Gasteiger partial charge is 0.295 e. The predicted octanol–water partition coefficient (Wildman–Crippen LogP) is 5.37. The highest BCUT2D eigenvalue weighted by atomic mass is 35.5. The van der Waals surface area contributed by atoms with Crippen LogP contribution in [-0.4, -0.2) is 30.3 Å². The third kappa shape index (κ3) is 4.60. The van der Waals surface area contributed by atoms with E-state index in [0.717, 1.165) is 28.8 Å². The monoisotopic (exact) mass is 371 g/mol. The van der Waals surface area contributed by atoms with Crippen molar-refractivity contribution in [3.63, 3.8) is 0 Å². The van der Waals surface area contributed by atoms with Crippen molar-refractivity contribution in [2.45, 2.75) is 6.92 Å². The first-order valence-corrected chi connectivity index (χ1v) is 9.00. The molecule has 2 nitrogen and oxygen atoms in total. The number of hydrogen-bond acceptors (Lipinski definition) is 2. The van der Waals surface area contributed by atoms with E-state index in [0.29, 0.717) is 23.1 Å². The van der Waals surface area contributed by atoms with Crippen LogP contribution in [0.3, 0.4) is 0 Å². The van der Waals surface area contributed by atoms with E-state index < -0.39 is 0 Å². The lowest BCUT2D eigenvalue weighted by molar-refractivity contribution is -0.113. The Bertz CT molecular complexity index is 752. The van der Waals surface area contributed by atoms with Crippen molar-refractivity contribution in [3.8, 4) is 0 Å². The Morgan fingerprint density at radius 1 is 0.840 bits per heavy atom. The summed E-state index contributed by atoms with van der Waals surface area (Å²) in [5.41, 5.74) is 3.57. The zero-order valence-corrected chi connectivity index (χ0v) is 15.5. The molecule has 128 valence electrons. The van der Waals surface area contributed by atoms with E-state index >= 15 is 0 Å². The van der Waals surface area contributed by atoms with E-state index in [1.807, 2.05) is 60.7 Å². The fourth-order valence-electron chi connectivity index (χ4n) is 2.85. The Morgan fingerprint density at radius 3 is 1.60 bits per heavy atom. The molecule has 2 aromatic carbocycles. The smallest absolute Gasteiger partial charge is 0.187 e. The minimum atomic E-state index is 0.106. The van der Waals surface area contributed by atoms with Crippen LogP contribution >= 0.6 is 23.2 Å². The first-order chi connectivity index (χ1) is 12.0. The molecule has 0 bridgehead atoms. The van der Waals surface area contributed by atoms with Crippen LogP contribution in [0.4, 0.5) is 0 Å². The van der Waals surface area contributed by atoms with Gasteiger partial charge in [0, 0.05) is 34.3 Å². The zero-order chi connectivity index (χ0) is 17.8. The Balaban J connectivity index is 1.93. The molecule has 0 amide bonds. The van der Waals surface area contributed by atoms with E-state index in [1.165, 1.54) is 0 Å². The standard InChI is InChI=1S/C21H19Cl2NO/c1-2-24-13-17(11-15-3-7-19(22)8-4-15)21(25)18(14-24)12-16-5-9-20(23)10-6-16/h3-12H,2,13-14H2,1H3/b17-11+,18-12+. The molecule has 0 atom stereocenters. The highest BCUT2D eigenvalue weighted by molar-refractivity contribution is 6.30. The molecule has 2 aromatic rings. The van der Waals surface area contributed by atoms with E-state index in [1.54, 1.807) is 0 Å². The number of halogens is 2. The van der Waals surface area contributed by atoms with Gasteiger partial charge in [-0.25, -0.2) is 0 Å². The van der Waals surface area contributed by atoms with Crippen molar-refractivity contribution < 1.29 is 4.79 Å². The van der Waals surface area contributed by atoms with Gasteiger partial charge >= 0.3 is 0 Å². The first-order valence-electron chi connectivity index (χ1n) is 8.24. The summed E-state index contributed by atoms with van der Waals surface area (Å²) in [7, 11) is 0. The van der Waals surface area contributed by atoms with Crippen molar-refractivity contribution in [1.29, 1.82) is 0 Å². The highest BCUT2D eigenvalue weighted by Crippen LogP contribution is 2.23. The molecule has 1 saturated heterocycles. The molecule has 0 aromatic heterocycles. The summed E-state index contributed by atoms with van der Waals surface area (Å²) in [6.07, 6.45) is 3.91. The van der Waals surface area contributed by atoms with Gasteiger partial charge in [0.2, 0.25) is 0 Å². The second kappa shape index (κ2) is 8.01. The third-order valence-corrected chi connectivity index (χ3v) is 4.74. The molecule has 1 fully saturated rings. The summed E-state index contributed by atoms with van der Waals surface area (Å²) in [6.45, 7) is 4.32. The Kier molecular flexibility index (Phi) is 5.74. The van der Waals surface area contributed by atoms with Gasteiger partial charge in [0.15, 0.2) is 5.78 Å². The number of likely N-dealkylation sites (tertiary alicyclic amines) is 1. The van der Waals surface area contributed by atoms with Crippen LogP contribution in [0.25, 0.3) is 12.2 Å². The lowest BCUT2D eigenvalue weighted by atomic mass is 9.94. The zero-order valence-electron chi connectivity index (χ0n) is 14.0. The number of rotatable bonds is 3. The molecule has 3 rings (SSSR count). The van der Waals surface area contributed by atoms with Crippen LogP contribution in [0.1, 0.15) is 18.1 Å². The van der Waals surface area contributed by atoms with Gasteiger partial charge in [0.25, 0.3) is 0 Å². The van der Waals surface area contributed by atoms with Gasteiger partial charge in [-0.15, -0.1) is 0 Å². The molecule has 0 unspecified atom stereocenters. The second-order valence-corrected chi connectivity index (χ2v) is 6.95. The van der Waals surface area contributed by atoms with Crippen LogP contribution in [0.2, 0.25) is 10.0 Å². The van der Waals surface area contributed by atoms with Gasteiger partial charge in [-0.1, -0.05) is 54.4 Å². The fraction of sp³-hybridized carbons (Fsp3) is 0.190. The highest BCUT2D eigenvalue weighted by Gasteiger charge is 2.25. The first kappa shape index (κ1) is 17.9. The molecular weight excluding hydrogens is 353 g/mol. The number of ketones is 1. The number of carbonyl (C=O) groups is 1. The van der Waals surface area contributed by atoms with E-state index in [4.69, 9.17) is 23.2 Å². The van der Waals surface area contributed by atoms with Crippen LogP contribution < -0.4 is 0 Å². The van der Waals surface area contributed by atoms with Crippen LogP contribution in [0.15, 0.2) is 59.7 Å². The molecular formula is C21H19Cl2NO. The van der Waals surface area contributed by atoms with E-state index in [2.05, 4.69) is 11.8 Å². The Hall–Kier alpha value is -1.87. The minimum absolute atomic E-state index is 0.106. The average Bonchev–Trinajstić information content (AvgIpc) is 2.62. The number of benzene rings is 2. The van der Waals surface area contributed by atoms with Gasteiger partial charge in [0.1, 0.15) is 0 Å².